The highest BCUT2D eigenvalue weighted by atomic mass is 15.2. The van der Waals surface area contributed by atoms with E-state index in [2.05, 4.69) is 20.2 Å². The fraction of sp³-hybridized carbons (Fsp3) is 0.235. The molecule has 96 valence electrons. The van der Waals surface area contributed by atoms with Crippen LogP contribution in [0.1, 0.15) is 23.5 Å². The van der Waals surface area contributed by atoms with Gasteiger partial charge in [-0.3, -0.25) is 0 Å². The topological polar surface area (TPSA) is 8.81 Å². The van der Waals surface area contributed by atoms with Gasteiger partial charge in [-0.05, 0) is 19.4 Å². The average Bonchev–Trinajstić information content (AvgIpc) is 2.88. The lowest BCUT2D eigenvalue weighted by molar-refractivity contribution is -0.650. The summed E-state index contributed by atoms with van der Waals surface area (Å²) >= 11 is 0. The molecule has 0 fully saturated rings. The Hall–Kier alpha value is -2.09. The van der Waals surface area contributed by atoms with Crippen LogP contribution in [-0.2, 0) is 12.5 Å². The van der Waals surface area contributed by atoms with Gasteiger partial charge in [0.05, 0.1) is 11.1 Å². The molecule has 0 atom stereocenters. The zero-order valence-corrected chi connectivity index (χ0v) is 11.1. The predicted molar refractivity (Wildman–Crippen MR) is 76.8 cm³/mol. The number of rotatable bonds is 2. The highest BCUT2D eigenvalue weighted by molar-refractivity contribution is 5.72. The number of fused-ring (bicyclic) bond motifs is 1. The molecule has 0 aliphatic rings. The Morgan fingerprint density at radius 3 is 2.47 bits per heavy atom. The summed E-state index contributed by atoms with van der Waals surface area (Å²) in [6.45, 7) is 1.88. The van der Waals surface area contributed by atoms with Crippen molar-refractivity contribution in [1.29, 1.82) is 0 Å². The number of aryl methyl sites for hydroxylation is 1. The molecule has 0 amide bonds. The van der Waals surface area contributed by atoms with Crippen LogP contribution in [0.2, 0.25) is 0 Å². The number of para-hydroxylation sites is 2. The molecule has 0 aliphatic carbocycles. The lowest BCUT2D eigenvalue weighted by Gasteiger charge is -2.26. The zero-order valence-electron chi connectivity index (χ0n) is 14.1. The van der Waals surface area contributed by atoms with Gasteiger partial charge in [0.1, 0.15) is 5.54 Å². The normalized spacial score (nSPS) is 14.9. The van der Waals surface area contributed by atoms with Crippen molar-refractivity contribution in [2.24, 2.45) is 6.98 Å². The Morgan fingerprint density at radius 2 is 1.74 bits per heavy atom. The maximum absolute atomic E-state index is 7.73. The molecule has 3 rings (SSSR count). The van der Waals surface area contributed by atoms with E-state index in [1.807, 2.05) is 59.2 Å². The number of imidazole rings is 1. The summed E-state index contributed by atoms with van der Waals surface area (Å²) in [5.74, 6) is 0. The van der Waals surface area contributed by atoms with Crippen LogP contribution in [0, 0.1) is 6.33 Å². The maximum atomic E-state index is 7.73. The van der Waals surface area contributed by atoms with Crippen molar-refractivity contribution < 1.29 is 8.68 Å². The monoisotopic (exact) mass is 253 g/mol. The molecule has 1 aromatic heterocycles. The summed E-state index contributed by atoms with van der Waals surface area (Å²) in [5, 5.41) is 0. The number of aromatic nitrogens is 2. The molecule has 2 heteroatoms. The highest BCUT2D eigenvalue weighted by Gasteiger charge is 2.26. The second kappa shape index (κ2) is 4.23. The van der Waals surface area contributed by atoms with Crippen molar-refractivity contribution >= 4 is 11.0 Å². The zero-order chi connectivity index (χ0) is 16.0. The fourth-order valence-corrected chi connectivity index (χ4v) is 2.45. The number of hydrogen-bond acceptors (Lipinski definition) is 0. The summed E-state index contributed by atoms with van der Waals surface area (Å²) in [7, 11) is 0. The number of hydrogen-bond donors (Lipinski definition) is 0. The molecule has 0 N–H and O–H groups in total. The largest absolute Gasteiger partial charge is 0.347 e. The van der Waals surface area contributed by atoms with Crippen LogP contribution in [0.3, 0.4) is 0 Å². The van der Waals surface area contributed by atoms with E-state index in [9.17, 15) is 0 Å². The smallest absolute Gasteiger partial charge is 0.205 e. The molecule has 0 bridgehead atoms. The number of nitrogens with zero attached hydrogens (tertiary/aromatic N) is 2. The molecule has 2 nitrogen and oxygen atoms in total. The van der Waals surface area contributed by atoms with Gasteiger partial charge in [-0.25, -0.2) is 0 Å². The maximum Gasteiger partial charge on any atom is 0.205 e. The number of benzene rings is 2. The van der Waals surface area contributed by atoms with E-state index in [0.717, 1.165) is 11.1 Å². The minimum atomic E-state index is -2.25. The minimum absolute atomic E-state index is 0.405. The third-order valence-electron chi connectivity index (χ3n) is 3.60. The third kappa shape index (κ3) is 1.84. The summed E-state index contributed by atoms with van der Waals surface area (Å²) in [4.78, 5) is 0. The molecular formula is C17H18N2. The van der Waals surface area contributed by atoms with Gasteiger partial charge in [-0.1, -0.05) is 54.6 Å². The van der Waals surface area contributed by atoms with E-state index in [-0.39, 0.29) is 0 Å². The minimum Gasteiger partial charge on any atom is -0.347 e. The van der Waals surface area contributed by atoms with Gasteiger partial charge in [-0.15, -0.1) is 0 Å². The molecule has 1 heterocycles. The summed E-state index contributed by atoms with van der Waals surface area (Å²) in [6.07, 6.45) is 3.04. The molecule has 0 radical (unpaired) electrons. The Morgan fingerprint density at radius 1 is 1.05 bits per heavy atom. The van der Waals surface area contributed by atoms with Crippen molar-refractivity contribution in [3.05, 3.63) is 66.5 Å². The van der Waals surface area contributed by atoms with Gasteiger partial charge in [-0.2, -0.15) is 0 Å². The van der Waals surface area contributed by atoms with E-state index in [1.165, 1.54) is 4.57 Å². The van der Waals surface area contributed by atoms with Crippen molar-refractivity contribution in [2.45, 2.75) is 19.4 Å². The van der Waals surface area contributed by atoms with Crippen LogP contribution in [0.25, 0.3) is 11.0 Å². The quantitative estimate of drug-likeness (QED) is 0.490. The molecule has 2 aromatic carbocycles. The van der Waals surface area contributed by atoms with Gasteiger partial charge >= 0.3 is 0 Å². The summed E-state index contributed by atoms with van der Waals surface area (Å²) in [5.41, 5.74) is 2.21. The van der Waals surface area contributed by atoms with E-state index in [1.54, 1.807) is 0 Å². The van der Waals surface area contributed by atoms with Crippen LogP contribution < -0.4 is 4.57 Å². The Labute approximate surface area is 118 Å². The fourth-order valence-electron chi connectivity index (χ4n) is 2.45. The van der Waals surface area contributed by atoms with Crippen LogP contribution in [0.15, 0.2) is 54.6 Å². The molecular weight excluding hydrogens is 232 g/mol. The average molecular weight is 253 g/mol. The Balaban J connectivity index is 2.28. The summed E-state index contributed by atoms with van der Waals surface area (Å²) in [6, 6.07) is 17.5. The van der Waals surface area contributed by atoms with E-state index in [0.29, 0.717) is 5.52 Å². The van der Waals surface area contributed by atoms with E-state index < -0.39 is 12.5 Å². The molecule has 3 aromatic rings. The van der Waals surface area contributed by atoms with Gasteiger partial charge < -0.3 is 9.13 Å². The van der Waals surface area contributed by atoms with Gasteiger partial charge in [0.25, 0.3) is 0 Å². The second-order valence-electron chi connectivity index (χ2n) is 5.18. The van der Waals surface area contributed by atoms with E-state index >= 15 is 0 Å². The van der Waals surface area contributed by atoms with Crippen LogP contribution in [0.5, 0.6) is 0 Å². The van der Waals surface area contributed by atoms with Gasteiger partial charge in [0.15, 0.2) is 0 Å². The highest BCUT2D eigenvalue weighted by Crippen LogP contribution is 2.28. The van der Waals surface area contributed by atoms with Gasteiger partial charge in [0.2, 0.25) is 6.33 Å². The van der Waals surface area contributed by atoms with Crippen LogP contribution in [0.4, 0.5) is 0 Å². The molecule has 19 heavy (non-hydrogen) atoms. The molecule has 0 aliphatic heterocycles. The summed E-state index contributed by atoms with van der Waals surface area (Å²) < 4.78 is 26.3. The van der Waals surface area contributed by atoms with E-state index in [4.69, 9.17) is 4.11 Å². The first kappa shape index (κ1) is 8.92. The van der Waals surface area contributed by atoms with Crippen molar-refractivity contribution in [3.63, 3.8) is 0 Å². The standard InChI is InChI=1S/C17H18N2/c1-17(2,14-9-5-4-6-10-14)19-13-18(3)15-11-7-8-12-16(15)19/h4-12H,1-3H3/i3D3. The molecule has 0 spiro atoms. The first-order chi connectivity index (χ1) is 10.3. The van der Waals surface area contributed by atoms with Crippen LogP contribution >= 0.6 is 0 Å². The molecule has 0 unspecified atom stereocenters. The third-order valence-corrected chi connectivity index (χ3v) is 3.60. The van der Waals surface area contributed by atoms with Crippen molar-refractivity contribution in [2.75, 3.05) is 0 Å². The second-order valence-corrected chi connectivity index (χ2v) is 5.18. The molecule has 0 saturated carbocycles. The predicted octanol–water partition coefficient (Wildman–Crippen LogP) is 3.05. The lowest BCUT2D eigenvalue weighted by Crippen LogP contribution is -2.31. The lowest BCUT2D eigenvalue weighted by atomic mass is 9.94. The first-order valence-electron chi connectivity index (χ1n) is 7.83. The Kier molecular flexibility index (Phi) is 1.99. The Bertz CT molecular complexity index is 802. The SMILES string of the molecule is [2H]C([2H])([2H])[n+]1[c-]n(C(C)(C)c2ccccc2)c2ccccc21. The van der Waals surface area contributed by atoms with Crippen LogP contribution in [-0.4, -0.2) is 4.57 Å². The van der Waals surface area contributed by atoms with Gasteiger partial charge in [0, 0.05) is 11.0 Å². The first-order valence-corrected chi connectivity index (χ1v) is 6.33. The molecule has 0 saturated heterocycles. The van der Waals surface area contributed by atoms with Crippen molar-refractivity contribution in [1.82, 2.24) is 4.57 Å². The van der Waals surface area contributed by atoms with Crippen molar-refractivity contribution in [3.8, 4) is 0 Å².